The second kappa shape index (κ2) is 5.09. The first-order chi connectivity index (χ1) is 11.8. The van der Waals surface area contributed by atoms with Gasteiger partial charge in [-0.2, -0.15) is 0 Å². The zero-order valence-electron chi connectivity index (χ0n) is 13.5. The van der Waals surface area contributed by atoms with Gasteiger partial charge >= 0.3 is 0 Å². The molecule has 0 unspecified atom stereocenters. The van der Waals surface area contributed by atoms with Crippen molar-refractivity contribution in [2.24, 2.45) is 9.98 Å². The lowest BCUT2D eigenvalue weighted by atomic mass is 10.1. The van der Waals surface area contributed by atoms with E-state index in [0.29, 0.717) is 12.6 Å². The van der Waals surface area contributed by atoms with E-state index in [9.17, 15) is 0 Å². The summed E-state index contributed by atoms with van der Waals surface area (Å²) >= 11 is 0. The molecule has 5 nitrogen and oxygen atoms in total. The predicted octanol–water partition coefficient (Wildman–Crippen LogP) is 3.32. The number of aromatic nitrogens is 3. The molecule has 2 heterocycles. The quantitative estimate of drug-likeness (QED) is 0.744. The van der Waals surface area contributed by atoms with Gasteiger partial charge in [-0.25, -0.2) is 9.67 Å². The summed E-state index contributed by atoms with van der Waals surface area (Å²) in [7, 11) is 0. The van der Waals surface area contributed by atoms with Crippen LogP contribution in [0.4, 0.5) is 0 Å². The second-order valence-electron chi connectivity index (χ2n) is 6.48. The average molecular weight is 315 g/mol. The van der Waals surface area contributed by atoms with Crippen LogP contribution < -0.4 is 0 Å². The lowest BCUT2D eigenvalue weighted by molar-refractivity contribution is 0.630. The molecule has 1 saturated carbocycles. The van der Waals surface area contributed by atoms with Gasteiger partial charge in [0.2, 0.25) is 0 Å². The van der Waals surface area contributed by atoms with Gasteiger partial charge in [0.15, 0.2) is 5.84 Å². The molecule has 1 aliphatic carbocycles. The standard InChI is InChI=1S/C19H17N5/c1-12-4-2-3-5-15(12)19-20-11-17(21-19)13-6-9-18-16(10-13)22-23-24(18)14-7-8-14/h2-6,9-10,14H,7-8,11H2,1H3. The van der Waals surface area contributed by atoms with E-state index < -0.39 is 0 Å². The van der Waals surface area contributed by atoms with Crippen LogP contribution in [0.1, 0.15) is 35.6 Å². The molecule has 1 fully saturated rings. The van der Waals surface area contributed by atoms with Crippen molar-refractivity contribution in [1.29, 1.82) is 0 Å². The van der Waals surface area contributed by atoms with E-state index in [1.54, 1.807) is 0 Å². The Morgan fingerprint density at radius 3 is 2.79 bits per heavy atom. The summed E-state index contributed by atoms with van der Waals surface area (Å²) in [6, 6.07) is 15.1. The zero-order valence-corrected chi connectivity index (χ0v) is 13.5. The van der Waals surface area contributed by atoms with E-state index in [1.807, 2.05) is 16.8 Å². The van der Waals surface area contributed by atoms with Gasteiger partial charge in [-0.3, -0.25) is 4.99 Å². The summed E-state index contributed by atoms with van der Waals surface area (Å²) < 4.78 is 2.05. The fourth-order valence-corrected chi connectivity index (χ4v) is 3.18. The maximum absolute atomic E-state index is 4.76. The summed E-state index contributed by atoms with van der Waals surface area (Å²) in [5, 5.41) is 8.62. The van der Waals surface area contributed by atoms with Crippen molar-refractivity contribution in [2.75, 3.05) is 6.54 Å². The molecular weight excluding hydrogens is 298 g/mol. The third-order valence-electron chi connectivity index (χ3n) is 4.70. The molecule has 3 aromatic rings. The summed E-state index contributed by atoms with van der Waals surface area (Å²) in [5.74, 6) is 0.824. The molecule has 5 rings (SSSR count). The molecule has 0 amide bonds. The number of hydrogen-bond donors (Lipinski definition) is 0. The van der Waals surface area contributed by atoms with Crippen LogP contribution in [0.3, 0.4) is 0 Å². The number of fused-ring (bicyclic) bond motifs is 1. The molecular formula is C19H17N5. The number of benzene rings is 2. The van der Waals surface area contributed by atoms with Crippen LogP contribution in [-0.2, 0) is 0 Å². The van der Waals surface area contributed by atoms with E-state index in [0.717, 1.165) is 33.7 Å². The van der Waals surface area contributed by atoms with Crippen molar-refractivity contribution in [3.05, 3.63) is 59.2 Å². The van der Waals surface area contributed by atoms with Crippen LogP contribution in [0.2, 0.25) is 0 Å². The normalized spacial score (nSPS) is 17.2. The van der Waals surface area contributed by atoms with Crippen LogP contribution in [-0.4, -0.2) is 33.1 Å². The molecule has 2 aliphatic rings. The van der Waals surface area contributed by atoms with Crippen molar-refractivity contribution < 1.29 is 0 Å². The molecule has 118 valence electrons. The Morgan fingerprint density at radius 2 is 1.96 bits per heavy atom. The second-order valence-corrected chi connectivity index (χ2v) is 6.48. The third kappa shape index (κ3) is 2.16. The zero-order chi connectivity index (χ0) is 16.1. The van der Waals surface area contributed by atoms with Crippen molar-refractivity contribution in [2.45, 2.75) is 25.8 Å². The van der Waals surface area contributed by atoms with Crippen LogP contribution in [0.25, 0.3) is 11.0 Å². The van der Waals surface area contributed by atoms with Gasteiger partial charge in [0.1, 0.15) is 5.52 Å². The molecule has 2 aromatic carbocycles. The maximum Gasteiger partial charge on any atom is 0.155 e. The molecule has 1 aliphatic heterocycles. The maximum atomic E-state index is 4.76. The van der Waals surface area contributed by atoms with Gasteiger partial charge < -0.3 is 0 Å². The Hall–Kier alpha value is -2.82. The Bertz CT molecular complexity index is 1010. The molecule has 0 saturated heterocycles. The SMILES string of the molecule is Cc1ccccc1C1=NCC(c2ccc3c(c2)nnn3C2CC2)=N1. The first-order valence-corrected chi connectivity index (χ1v) is 8.33. The minimum Gasteiger partial charge on any atom is -0.260 e. The van der Waals surface area contributed by atoms with Gasteiger partial charge in [-0.15, -0.1) is 5.10 Å². The first-order valence-electron chi connectivity index (χ1n) is 8.33. The van der Waals surface area contributed by atoms with Gasteiger partial charge in [-0.05, 0) is 37.5 Å². The first kappa shape index (κ1) is 13.6. The number of rotatable bonds is 3. The van der Waals surface area contributed by atoms with Crippen molar-refractivity contribution in [1.82, 2.24) is 15.0 Å². The average Bonchev–Trinajstić information content (AvgIpc) is 3.18. The number of aliphatic imine (C=N–C) groups is 2. The van der Waals surface area contributed by atoms with E-state index in [4.69, 9.17) is 4.99 Å². The fraction of sp³-hybridized carbons (Fsp3) is 0.263. The molecule has 0 spiro atoms. The molecule has 5 heteroatoms. The monoisotopic (exact) mass is 315 g/mol. The lowest BCUT2D eigenvalue weighted by Gasteiger charge is -2.02. The van der Waals surface area contributed by atoms with Gasteiger partial charge in [0.05, 0.1) is 23.8 Å². The Kier molecular flexibility index (Phi) is 2.89. The number of hydrogen-bond acceptors (Lipinski definition) is 4. The molecule has 0 radical (unpaired) electrons. The van der Waals surface area contributed by atoms with Crippen LogP contribution in [0.5, 0.6) is 0 Å². The van der Waals surface area contributed by atoms with Gasteiger partial charge in [0.25, 0.3) is 0 Å². The van der Waals surface area contributed by atoms with Crippen LogP contribution in [0, 0.1) is 6.92 Å². The topological polar surface area (TPSA) is 55.4 Å². The smallest absolute Gasteiger partial charge is 0.155 e. The van der Waals surface area contributed by atoms with Crippen molar-refractivity contribution in [3.63, 3.8) is 0 Å². The highest BCUT2D eigenvalue weighted by Crippen LogP contribution is 2.36. The van der Waals surface area contributed by atoms with E-state index in [2.05, 4.69) is 52.6 Å². The van der Waals surface area contributed by atoms with Gasteiger partial charge in [0, 0.05) is 11.1 Å². The van der Waals surface area contributed by atoms with E-state index in [-0.39, 0.29) is 0 Å². The minimum absolute atomic E-state index is 0.542. The third-order valence-corrected chi connectivity index (χ3v) is 4.70. The van der Waals surface area contributed by atoms with E-state index in [1.165, 1.54) is 18.4 Å². The molecule has 24 heavy (non-hydrogen) atoms. The highest BCUT2D eigenvalue weighted by atomic mass is 15.4. The lowest BCUT2D eigenvalue weighted by Crippen LogP contribution is -2.02. The summed E-state index contributed by atoms with van der Waals surface area (Å²) in [4.78, 5) is 9.38. The summed E-state index contributed by atoms with van der Waals surface area (Å²) in [5.41, 5.74) is 6.43. The van der Waals surface area contributed by atoms with E-state index >= 15 is 0 Å². The van der Waals surface area contributed by atoms with Crippen LogP contribution >= 0.6 is 0 Å². The predicted molar refractivity (Wildman–Crippen MR) is 94.9 cm³/mol. The Labute approximate surface area is 139 Å². The number of aryl methyl sites for hydroxylation is 1. The highest BCUT2D eigenvalue weighted by Gasteiger charge is 2.26. The Morgan fingerprint density at radius 1 is 1.08 bits per heavy atom. The number of nitrogens with zero attached hydrogens (tertiary/aromatic N) is 5. The van der Waals surface area contributed by atoms with Crippen LogP contribution in [0.15, 0.2) is 52.4 Å². The summed E-state index contributed by atoms with van der Waals surface area (Å²) in [6.45, 7) is 2.71. The highest BCUT2D eigenvalue weighted by molar-refractivity contribution is 6.18. The molecule has 0 N–H and O–H groups in total. The molecule has 0 bridgehead atoms. The number of amidine groups is 1. The summed E-state index contributed by atoms with van der Waals surface area (Å²) in [6.07, 6.45) is 2.42. The minimum atomic E-state index is 0.542. The fourth-order valence-electron chi connectivity index (χ4n) is 3.18. The Balaban J connectivity index is 1.50. The van der Waals surface area contributed by atoms with Crippen molar-refractivity contribution in [3.8, 4) is 0 Å². The van der Waals surface area contributed by atoms with Crippen molar-refractivity contribution >= 4 is 22.6 Å². The molecule has 0 atom stereocenters. The largest absolute Gasteiger partial charge is 0.260 e. The van der Waals surface area contributed by atoms with Gasteiger partial charge in [-0.1, -0.05) is 35.5 Å². The molecule has 1 aromatic heterocycles.